The highest BCUT2D eigenvalue weighted by molar-refractivity contribution is 7.92. The van der Waals surface area contributed by atoms with Crippen molar-refractivity contribution in [2.24, 2.45) is 5.92 Å². The minimum Gasteiger partial charge on any atom is -0.303 e. The van der Waals surface area contributed by atoms with E-state index in [1.165, 1.54) is 0 Å². The number of sulfone groups is 1. The van der Waals surface area contributed by atoms with Crippen LogP contribution in [0.3, 0.4) is 0 Å². The van der Waals surface area contributed by atoms with E-state index in [1.807, 2.05) is 31.2 Å². The van der Waals surface area contributed by atoms with Gasteiger partial charge in [-0.05, 0) is 12.5 Å². The number of benzene rings is 1. The van der Waals surface area contributed by atoms with Gasteiger partial charge in [0.2, 0.25) is 0 Å². The fourth-order valence-electron chi connectivity index (χ4n) is 2.32. The molecule has 0 radical (unpaired) electrons. The molecule has 0 bridgehead atoms. The van der Waals surface area contributed by atoms with Crippen LogP contribution in [0.4, 0.5) is 0 Å². The van der Waals surface area contributed by atoms with Gasteiger partial charge < -0.3 is 4.79 Å². The van der Waals surface area contributed by atoms with Gasteiger partial charge in [-0.3, -0.25) is 0 Å². The number of rotatable bonds is 4. The van der Waals surface area contributed by atoms with Gasteiger partial charge in [-0.1, -0.05) is 36.8 Å². The van der Waals surface area contributed by atoms with E-state index in [9.17, 15) is 13.2 Å². The normalized spacial score (nSPS) is 27.8. The summed E-state index contributed by atoms with van der Waals surface area (Å²) in [5, 5.41) is -0.507. The van der Waals surface area contributed by atoms with Crippen LogP contribution < -0.4 is 0 Å². The van der Waals surface area contributed by atoms with Crippen LogP contribution in [0.25, 0.3) is 0 Å². The van der Waals surface area contributed by atoms with Crippen LogP contribution in [0.1, 0.15) is 24.0 Å². The van der Waals surface area contributed by atoms with Gasteiger partial charge in [0.25, 0.3) is 0 Å². The van der Waals surface area contributed by atoms with E-state index in [2.05, 4.69) is 0 Å². The largest absolute Gasteiger partial charge is 0.303 e. The number of carbonyl (C=O) groups excluding carboxylic acids is 1. The van der Waals surface area contributed by atoms with E-state index in [1.54, 1.807) is 6.92 Å². The zero-order valence-electron chi connectivity index (χ0n) is 9.96. The maximum atomic E-state index is 11.8. The van der Waals surface area contributed by atoms with Crippen molar-refractivity contribution in [2.75, 3.05) is 5.75 Å². The minimum absolute atomic E-state index is 0.102. The lowest BCUT2D eigenvalue weighted by Gasteiger charge is -2.01. The molecule has 1 aromatic carbocycles. The molecule has 2 rings (SSSR count). The van der Waals surface area contributed by atoms with E-state index in [0.717, 1.165) is 17.4 Å². The molecule has 1 aliphatic carbocycles. The van der Waals surface area contributed by atoms with Crippen LogP contribution in [0, 0.1) is 12.8 Å². The van der Waals surface area contributed by atoms with E-state index in [0.29, 0.717) is 0 Å². The molecule has 0 spiro atoms. The van der Waals surface area contributed by atoms with E-state index in [4.69, 9.17) is 0 Å². The van der Waals surface area contributed by atoms with E-state index < -0.39 is 15.1 Å². The number of hydrogen-bond donors (Lipinski definition) is 0. The Balaban J connectivity index is 2.29. The topological polar surface area (TPSA) is 51.2 Å². The lowest BCUT2D eigenvalue weighted by molar-refractivity contribution is -0.108. The second-order valence-electron chi connectivity index (χ2n) is 4.57. The SMILES string of the molecule is CCS(=O)(=O)C1C(C=O)C1c1ccc(C)cc1. The van der Waals surface area contributed by atoms with Crippen LogP contribution in [0.2, 0.25) is 0 Å². The van der Waals surface area contributed by atoms with Crippen molar-refractivity contribution >= 4 is 16.1 Å². The van der Waals surface area contributed by atoms with Gasteiger partial charge in [0, 0.05) is 17.6 Å². The highest BCUT2D eigenvalue weighted by atomic mass is 32.2. The molecule has 0 aliphatic heterocycles. The Kier molecular flexibility index (Phi) is 3.08. The lowest BCUT2D eigenvalue weighted by atomic mass is 10.1. The fraction of sp³-hybridized carbons (Fsp3) is 0.462. The quantitative estimate of drug-likeness (QED) is 0.767. The Morgan fingerprint density at radius 2 is 1.82 bits per heavy atom. The molecule has 3 nitrogen and oxygen atoms in total. The lowest BCUT2D eigenvalue weighted by Crippen LogP contribution is -2.12. The smallest absolute Gasteiger partial charge is 0.154 e. The summed E-state index contributed by atoms with van der Waals surface area (Å²) >= 11 is 0. The van der Waals surface area contributed by atoms with Crippen molar-refractivity contribution in [2.45, 2.75) is 25.0 Å². The Bertz CT molecular complexity index is 516. The summed E-state index contributed by atoms with van der Waals surface area (Å²) in [5.74, 6) is -0.398. The minimum atomic E-state index is -3.12. The standard InChI is InChI=1S/C13H16O3S/c1-3-17(15,16)13-11(8-14)12(13)10-6-4-9(2)5-7-10/h4-8,11-13H,3H2,1-2H3. The average molecular weight is 252 g/mol. The number of aryl methyl sites for hydroxylation is 1. The van der Waals surface area contributed by atoms with Gasteiger partial charge in [-0.15, -0.1) is 0 Å². The molecule has 4 heteroatoms. The Hall–Kier alpha value is -1.16. The van der Waals surface area contributed by atoms with Crippen molar-refractivity contribution in [1.82, 2.24) is 0 Å². The summed E-state index contributed by atoms with van der Waals surface area (Å²) in [6, 6.07) is 7.74. The first kappa shape index (κ1) is 12.3. The molecule has 1 aliphatic rings. The molecule has 0 N–H and O–H groups in total. The molecule has 3 unspecified atom stereocenters. The summed E-state index contributed by atoms with van der Waals surface area (Å²) in [7, 11) is -3.12. The predicted molar refractivity (Wildman–Crippen MR) is 66.7 cm³/mol. The number of carbonyl (C=O) groups is 1. The molecule has 1 saturated carbocycles. The number of aldehydes is 1. The monoisotopic (exact) mass is 252 g/mol. The van der Waals surface area contributed by atoms with Crippen LogP contribution >= 0.6 is 0 Å². The molecular formula is C13H16O3S. The molecule has 3 atom stereocenters. The van der Waals surface area contributed by atoms with Gasteiger partial charge in [0.1, 0.15) is 6.29 Å². The van der Waals surface area contributed by atoms with Crippen molar-refractivity contribution < 1.29 is 13.2 Å². The average Bonchev–Trinajstić information content (AvgIpc) is 3.05. The Morgan fingerprint density at radius 1 is 1.24 bits per heavy atom. The predicted octanol–water partition coefficient (Wildman–Crippen LogP) is 1.71. The molecule has 0 saturated heterocycles. The highest BCUT2D eigenvalue weighted by Gasteiger charge is 2.57. The van der Waals surface area contributed by atoms with Gasteiger partial charge in [0.05, 0.1) is 5.25 Å². The van der Waals surface area contributed by atoms with Gasteiger partial charge in [0.15, 0.2) is 9.84 Å². The maximum absolute atomic E-state index is 11.8. The van der Waals surface area contributed by atoms with Crippen molar-refractivity contribution in [1.29, 1.82) is 0 Å². The van der Waals surface area contributed by atoms with Gasteiger partial charge in [-0.25, -0.2) is 8.42 Å². The zero-order valence-corrected chi connectivity index (χ0v) is 10.8. The van der Waals surface area contributed by atoms with E-state index in [-0.39, 0.29) is 17.6 Å². The molecule has 1 aromatic rings. The van der Waals surface area contributed by atoms with E-state index >= 15 is 0 Å². The van der Waals surface area contributed by atoms with Crippen molar-refractivity contribution in [3.05, 3.63) is 35.4 Å². The summed E-state index contributed by atoms with van der Waals surface area (Å²) < 4.78 is 23.6. The highest BCUT2D eigenvalue weighted by Crippen LogP contribution is 2.51. The second kappa shape index (κ2) is 4.26. The molecule has 92 valence electrons. The molecule has 17 heavy (non-hydrogen) atoms. The Morgan fingerprint density at radius 3 is 2.29 bits per heavy atom. The van der Waals surface area contributed by atoms with Crippen molar-refractivity contribution in [3.63, 3.8) is 0 Å². The van der Waals surface area contributed by atoms with Crippen LogP contribution in [-0.4, -0.2) is 25.7 Å². The first-order valence-corrected chi connectivity index (χ1v) is 7.46. The second-order valence-corrected chi connectivity index (χ2v) is 7.01. The summed E-state index contributed by atoms with van der Waals surface area (Å²) in [6.45, 7) is 3.61. The first-order chi connectivity index (χ1) is 8.01. The molecule has 0 heterocycles. The zero-order chi connectivity index (χ0) is 12.6. The molecule has 1 fully saturated rings. The molecule has 0 aromatic heterocycles. The number of hydrogen-bond acceptors (Lipinski definition) is 3. The maximum Gasteiger partial charge on any atom is 0.154 e. The molecular weight excluding hydrogens is 236 g/mol. The third-order valence-electron chi connectivity index (χ3n) is 3.44. The van der Waals surface area contributed by atoms with Gasteiger partial charge >= 0.3 is 0 Å². The summed E-state index contributed by atoms with van der Waals surface area (Å²) in [5.41, 5.74) is 2.08. The first-order valence-electron chi connectivity index (χ1n) is 5.74. The summed E-state index contributed by atoms with van der Waals surface area (Å²) in [6.07, 6.45) is 0.780. The third-order valence-corrected chi connectivity index (χ3v) is 5.69. The van der Waals surface area contributed by atoms with Gasteiger partial charge in [-0.2, -0.15) is 0 Å². The fourth-order valence-corrected chi connectivity index (χ4v) is 4.11. The van der Waals surface area contributed by atoms with Crippen LogP contribution in [-0.2, 0) is 14.6 Å². The Labute approximate surface area is 102 Å². The van der Waals surface area contributed by atoms with Crippen molar-refractivity contribution in [3.8, 4) is 0 Å². The summed E-state index contributed by atoms with van der Waals surface area (Å²) in [4.78, 5) is 10.9. The van der Waals surface area contributed by atoms with Crippen LogP contribution in [0.15, 0.2) is 24.3 Å². The molecule has 0 amide bonds. The van der Waals surface area contributed by atoms with Crippen LogP contribution in [0.5, 0.6) is 0 Å². The third kappa shape index (κ3) is 2.14.